The van der Waals surface area contributed by atoms with Crippen LogP contribution in [0.5, 0.6) is 0 Å². The molecule has 5 N–H and O–H groups in total. The van der Waals surface area contributed by atoms with Crippen molar-refractivity contribution >= 4 is 5.84 Å². The van der Waals surface area contributed by atoms with E-state index >= 15 is 0 Å². The SMILES string of the molecule is CC(CCO)CNCC1(CC(N)=NO)CC1. The highest BCUT2D eigenvalue weighted by atomic mass is 16.4. The fraction of sp³-hybridized carbons (Fsp3) is 0.909. The summed E-state index contributed by atoms with van der Waals surface area (Å²) < 4.78 is 0. The van der Waals surface area contributed by atoms with Crippen LogP contribution in [0.3, 0.4) is 0 Å². The van der Waals surface area contributed by atoms with Gasteiger partial charge in [0, 0.05) is 19.6 Å². The van der Waals surface area contributed by atoms with E-state index < -0.39 is 0 Å². The molecule has 94 valence electrons. The minimum Gasteiger partial charge on any atom is -0.409 e. The summed E-state index contributed by atoms with van der Waals surface area (Å²) in [4.78, 5) is 0. The number of hydrogen-bond acceptors (Lipinski definition) is 4. The molecule has 5 heteroatoms. The van der Waals surface area contributed by atoms with Gasteiger partial charge in [0.05, 0.1) is 0 Å². The number of nitrogens with two attached hydrogens (primary N) is 1. The van der Waals surface area contributed by atoms with Crippen LogP contribution in [0.15, 0.2) is 5.16 Å². The summed E-state index contributed by atoms with van der Waals surface area (Å²) in [5, 5.41) is 23.7. The van der Waals surface area contributed by atoms with E-state index in [1.165, 1.54) is 0 Å². The van der Waals surface area contributed by atoms with Crippen LogP contribution in [0.25, 0.3) is 0 Å². The van der Waals surface area contributed by atoms with Gasteiger partial charge in [0.15, 0.2) is 0 Å². The lowest BCUT2D eigenvalue weighted by Gasteiger charge is -2.17. The second-order valence-corrected chi connectivity index (χ2v) is 5.02. The number of nitrogens with zero attached hydrogens (tertiary/aromatic N) is 1. The summed E-state index contributed by atoms with van der Waals surface area (Å²) >= 11 is 0. The normalized spacial score (nSPS) is 20.8. The molecule has 0 radical (unpaired) electrons. The van der Waals surface area contributed by atoms with Gasteiger partial charge in [0.2, 0.25) is 0 Å². The first-order valence-corrected chi connectivity index (χ1v) is 5.90. The van der Waals surface area contributed by atoms with Gasteiger partial charge in [-0.1, -0.05) is 12.1 Å². The Kier molecular flexibility index (Phi) is 5.02. The van der Waals surface area contributed by atoms with Crippen molar-refractivity contribution in [2.45, 2.75) is 32.6 Å². The Morgan fingerprint density at radius 1 is 1.56 bits per heavy atom. The number of nitrogens with one attached hydrogen (secondary N) is 1. The maximum Gasteiger partial charge on any atom is 0.139 e. The Morgan fingerprint density at radius 3 is 2.75 bits per heavy atom. The van der Waals surface area contributed by atoms with E-state index in [0.29, 0.717) is 18.2 Å². The zero-order valence-corrected chi connectivity index (χ0v) is 9.95. The third-order valence-corrected chi connectivity index (χ3v) is 3.26. The Morgan fingerprint density at radius 2 is 2.25 bits per heavy atom. The van der Waals surface area contributed by atoms with Gasteiger partial charge in [-0.2, -0.15) is 0 Å². The number of aliphatic hydroxyl groups is 1. The van der Waals surface area contributed by atoms with E-state index in [-0.39, 0.29) is 12.0 Å². The van der Waals surface area contributed by atoms with Crippen LogP contribution in [0.2, 0.25) is 0 Å². The lowest BCUT2D eigenvalue weighted by atomic mass is 10.0. The summed E-state index contributed by atoms with van der Waals surface area (Å²) in [5.41, 5.74) is 5.73. The number of rotatable bonds is 8. The minimum absolute atomic E-state index is 0.218. The fourth-order valence-electron chi connectivity index (χ4n) is 1.92. The molecule has 0 aromatic heterocycles. The topological polar surface area (TPSA) is 90.9 Å². The molecule has 1 unspecified atom stereocenters. The highest BCUT2D eigenvalue weighted by Crippen LogP contribution is 2.48. The molecule has 1 aliphatic carbocycles. The maximum atomic E-state index is 8.77. The van der Waals surface area contributed by atoms with E-state index in [0.717, 1.165) is 32.4 Å². The molecule has 1 rings (SSSR count). The van der Waals surface area contributed by atoms with E-state index in [1.54, 1.807) is 0 Å². The molecule has 1 aliphatic rings. The molecule has 1 atom stereocenters. The van der Waals surface area contributed by atoms with Crippen LogP contribution in [0.1, 0.15) is 32.6 Å². The van der Waals surface area contributed by atoms with Crippen molar-refractivity contribution < 1.29 is 10.3 Å². The summed E-state index contributed by atoms with van der Waals surface area (Å²) in [7, 11) is 0. The van der Waals surface area contributed by atoms with Gasteiger partial charge in [-0.15, -0.1) is 0 Å². The Labute approximate surface area is 96.7 Å². The van der Waals surface area contributed by atoms with Gasteiger partial charge in [-0.3, -0.25) is 0 Å². The van der Waals surface area contributed by atoms with Gasteiger partial charge in [0.25, 0.3) is 0 Å². The van der Waals surface area contributed by atoms with Crippen molar-refractivity contribution in [1.82, 2.24) is 5.32 Å². The number of hydrogen-bond donors (Lipinski definition) is 4. The molecule has 0 bridgehead atoms. The molecule has 1 fully saturated rings. The van der Waals surface area contributed by atoms with E-state index in [2.05, 4.69) is 17.4 Å². The highest BCUT2D eigenvalue weighted by molar-refractivity contribution is 5.80. The zero-order chi connectivity index (χ0) is 12.0. The summed E-state index contributed by atoms with van der Waals surface area (Å²) in [6, 6.07) is 0. The smallest absolute Gasteiger partial charge is 0.139 e. The van der Waals surface area contributed by atoms with Gasteiger partial charge in [0.1, 0.15) is 5.84 Å². The number of oxime groups is 1. The first kappa shape index (κ1) is 13.3. The summed E-state index contributed by atoms with van der Waals surface area (Å²) in [6.07, 6.45) is 3.79. The molecular weight excluding hydrogens is 206 g/mol. The maximum absolute atomic E-state index is 8.77. The lowest BCUT2D eigenvalue weighted by molar-refractivity contribution is 0.258. The molecule has 0 aromatic rings. The largest absolute Gasteiger partial charge is 0.409 e. The molecule has 0 heterocycles. The van der Waals surface area contributed by atoms with Gasteiger partial charge >= 0.3 is 0 Å². The molecule has 0 spiro atoms. The Bertz CT molecular complexity index is 239. The lowest BCUT2D eigenvalue weighted by Crippen LogP contribution is -2.31. The summed E-state index contributed by atoms with van der Waals surface area (Å²) in [5.74, 6) is 0.812. The standard InChI is InChI=1S/C11H23N3O2/c1-9(2-5-15)7-13-8-11(3-4-11)6-10(12)14-16/h9,13,15-16H,2-8H2,1H3,(H2,12,14). The molecule has 5 nitrogen and oxygen atoms in total. The van der Waals surface area contributed by atoms with Crippen molar-refractivity contribution in [3.63, 3.8) is 0 Å². The van der Waals surface area contributed by atoms with E-state index in [1.807, 2.05) is 0 Å². The van der Waals surface area contributed by atoms with Crippen molar-refractivity contribution in [1.29, 1.82) is 0 Å². The first-order chi connectivity index (χ1) is 7.62. The average molecular weight is 229 g/mol. The van der Waals surface area contributed by atoms with Gasteiger partial charge < -0.3 is 21.4 Å². The van der Waals surface area contributed by atoms with Crippen LogP contribution < -0.4 is 11.1 Å². The van der Waals surface area contributed by atoms with Gasteiger partial charge in [-0.05, 0) is 37.1 Å². The Hall–Kier alpha value is -0.810. The predicted molar refractivity (Wildman–Crippen MR) is 63.4 cm³/mol. The first-order valence-electron chi connectivity index (χ1n) is 5.90. The quantitative estimate of drug-likeness (QED) is 0.211. The van der Waals surface area contributed by atoms with Crippen molar-refractivity contribution in [2.24, 2.45) is 22.2 Å². The molecule has 0 aliphatic heterocycles. The molecular formula is C11H23N3O2. The average Bonchev–Trinajstić information content (AvgIpc) is 2.98. The second-order valence-electron chi connectivity index (χ2n) is 5.02. The molecule has 1 saturated carbocycles. The zero-order valence-electron chi connectivity index (χ0n) is 9.95. The fourth-order valence-corrected chi connectivity index (χ4v) is 1.92. The van der Waals surface area contributed by atoms with Crippen LogP contribution in [0, 0.1) is 11.3 Å². The third-order valence-electron chi connectivity index (χ3n) is 3.26. The predicted octanol–water partition coefficient (Wildman–Crippen LogP) is 0.511. The molecule has 0 saturated heterocycles. The van der Waals surface area contributed by atoms with E-state index in [9.17, 15) is 0 Å². The van der Waals surface area contributed by atoms with Crippen LogP contribution in [-0.4, -0.2) is 35.8 Å². The van der Waals surface area contributed by atoms with Gasteiger partial charge in [-0.25, -0.2) is 0 Å². The highest BCUT2D eigenvalue weighted by Gasteiger charge is 2.42. The second kappa shape index (κ2) is 6.06. The van der Waals surface area contributed by atoms with Crippen molar-refractivity contribution in [3.05, 3.63) is 0 Å². The molecule has 0 aromatic carbocycles. The monoisotopic (exact) mass is 229 g/mol. The van der Waals surface area contributed by atoms with Crippen LogP contribution in [0.4, 0.5) is 0 Å². The Balaban J connectivity index is 2.17. The number of aliphatic hydroxyl groups excluding tert-OH is 1. The van der Waals surface area contributed by atoms with Crippen molar-refractivity contribution in [3.8, 4) is 0 Å². The van der Waals surface area contributed by atoms with Crippen LogP contribution >= 0.6 is 0 Å². The minimum atomic E-state index is 0.218. The third kappa shape index (κ3) is 4.37. The molecule has 0 amide bonds. The van der Waals surface area contributed by atoms with E-state index in [4.69, 9.17) is 16.0 Å². The summed E-state index contributed by atoms with van der Waals surface area (Å²) in [6.45, 7) is 4.20. The molecule has 16 heavy (non-hydrogen) atoms. The van der Waals surface area contributed by atoms with Crippen LogP contribution in [-0.2, 0) is 0 Å². The number of amidine groups is 1. The van der Waals surface area contributed by atoms with Crippen molar-refractivity contribution in [2.75, 3.05) is 19.7 Å².